The summed E-state index contributed by atoms with van der Waals surface area (Å²) in [5.41, 5.74) is 6.68. The summed E-state index contributed by atoms with van der Waals surface area (Å²) in [5.74, 6) is 0.446. The van der Waals surface area contributed by atoms with E-state index in [0.29, 0.717) is 10.8 Å². The quantitative estimate of drug-likeness (QED) is 0.826. The van der Waals surface area contributed by atoms with Crippen molar-refractivity contribution in [3.8, 4) is 0 Å². The van der Waals surface area contributed by atoms with Gasteiger partial charge in [0.25, 0.3) is 0 Å². The van der Waals surface area contributed by atoms with Crippen LogP contribution in [0.4, 0.5) is 5.82 Å². The fourth-order valence-electron chi connectivity index (χ4n) is 1.20. The molecule has 2 aromatic heterocycles. The van der Waals surface area contributed by atoms with E-state index in [-0.39, 0.29) is 0 Å². The Morgan fingerprint density at radius 3 is 2.67 bits per heavy atom. The maximum Gasteiger partial charge on any atom is 0.156 e. The first-order valence-electron chi connectivity index (χ1n) is 4.42. The molecule has 0 spiro atoms. The smallest absolute Gasteiger partial charge is 0.156 e. The van der Waals surface area contributed by atoms with E-state index in [1.54, 1.807) is 17.1 Å². The minimum absolute atomic E-state index is 0.446. The van der Waals surface area contributed by atoms with Gasteiger partial charge < -0.3 is 5.73 Å². The van der Waals surface area contributed by atoms with Crippen LogP contribution in [0.5, 0.6) is 0 Å². The van der Waals surface area contributed by atoms with Crippen LogP contribution in [0.15, 0.2) is 28.5 Å². The summed E-state index contributed by atoms with van der Waals surface area (Å²) in [6, 6.07) is 1.98. The Balaban J connectivity index is 2.29. The van der Waals surface area contributed by atoms with Gasteiger partial charge in [0.2, 0.25) is 0 Å². The molecule has 0 bridgehead atoms. The number of anilines is 1. The van der Waals surface area contributed by atoms with Crippen LogP contribution in [0.25, 0.3) is 0 Å². The van der Waals surface area contributed by atoms with Gasteiger partial charge in [-0.15, -0.1) is 0 Å². The summed E-state index contributed by atoms with van der Waals surface area (Å²) in [6.07, 6.45) is 3.20. The number of nitrogens with zero attached hydrogens (tertiary/aromatic N) is 4. The molecule has 0 atom stereocenters. The highest BCUT2D eigenvalue weighted by molar-refractivity contribution is 7.99. The number of rotatable bonds is 2. The van der Waals surface area contributed by atoms with Crippen LogP contribution in [0.1, 0.15) is 5.69 Å². The van der Waals surface area contributed by atoms with Crippen LogP contribution in [0, 0.1) is 6.92 Å². The molecule has 2 N–H and O–H groups in total. The summed E-state index contributed by atoms with van der Waals surface area (Å²) < 4.78 is 1.80. The molecule has 78 valence electrons. The molecule has 2 aromatic rings. The van der Waals surface area contributed by atoms with E-state index in [9.17, 15) is 0 Å². The monoisotopic (exact) mass is 221 g/mol. The molecule has 5 nitrogen and oxygen atoms in total. The second-order valence-electron chi connectivity index (χ2n) is 3.10. The highest BCUT2D eigenvalue weighted by Crippen LogP contribution is 2.28. The molecular formula is C9H11N5S. The standard InChI is InChI=1S/C9H11N5S/c1-6-5-7(14(2)13-6)15-9-8(10)11-3-4-12-9/h3-5H,1-2H3,(H2,10,11). The van der Waals surface area contributed by atoms with Gasteiger partial charge >= 0.3 is 0 Å². The molecule has 6 heteroatoms. The van der Waals surface area contributed by atoms with E-state index in [2.05, 4.69) is 15.1 Å². The second-order valence-corrected chi connectivity index (χ2v) is 4.11. The van der Waals surface area contributed by atoms with Crippen molar-refractivity contribution in [3.05, 3.63) is 24.2 Å². The molecule has 0 aliphatic rings. The Morgan fingerprint density at radius 2 is 2.07 bits per heavy atom. The van der Waals surface area contributed by atoms with Gasteiger partial charge in [0.1, 0.15) is 10.1 Å². The van der Waals surface area contributed by atoms with E-state index >= 15 is 0 Å². The number of hydrogen-bond donors (Lipinski definition) is 1. The molecular weight excluding hydrogens is 210 g/mol. The van der Waals surface area contributed by atoms with Crippen molar-refractivity contribution < 1.29 is 0 Å². The average molecular weight is 221 g/mol. The molecule has 2 rings (SSSR count). The van der Waals surface area contributed by atoms with Gasteiger partial charge in [-0.1, -0.05) is 0 Å². The number of hydrogen-bond acceptors (Lipinski definition) is 5. The van der Waals surface area contributed by atoms with Crippen LogP contribution < -0.4 is 5.73 Å². The first-order chi connectivity index (χ1) is 7.16. The fraction of sp³-hybridized carbons (Fsp3) is 0.222. The van der Waals surface area contributed by atoms with E-state index in [1.165, 1.54) is 11.8 Å². The predicted molar refractivity (Wildman–Crippen MR) is 58.5 cm³/mol. The zero-order valence-corrected chi connectivity index (χ0v) is 9.32. The summed E-state index contributed by atoms with van der Waals surface area (Å²) in [5, 5.41) is 5.95. The third-order valence-electron chi connectivity index (χ3n) is 1.85. The molecule has 0 unspecified atom stereocenters. The maximum atomic E-state index is 5.70. The molecule has 0 aliphatic heterocycles. The number of nitrogen functional groups attached to an aromatic ring is 1. The highest BCUT2D eigenvalue weighted by atomic mass is 32.2. The normalized spacial score (nSPS) is 10.5. The number of aromatic nitrogens is 4. The average Bonchev–Trinajstić information content (AvgIpc) is 2.49. The Labute approximate surface area is 91.7 Å². The molecule has 0 saturated carbocycles. The zero-order valence-electron chi connectivity index (χ0n) is 8.51. The summed E-state index contributed by atoms with van der Waals surface area (Å²) >= 11 is 1.46. The molecule has 15 heavy (non-hydrogen) atoms. The zero-order chi connectivity index (χ0) is 10.8. The lowest BCUT2D eigenvalue weighted by Gasteiger charge is -2.02. The van der Waals surface area contributed by atoms with Crippen molar-refractivity contribution in [1.82, 2.24) is 19.7 Å². The summed E-state index contributed by atoms with van der Waals surface area (Å²) in [6.45, 7) is 1.95. The molecule has 0 radical (unpaired) electrons. The van der Waals surface area contributed by atoms with Gasteiger partial charge in [-0.2, -0.15) is 5.10 Å². The van der Waals surface area contributed by atoms with Gasteiger partial charge in [-0.25, -0.2) is 9.97 Å². The van der Waals surface area contributed by atoms with E-state index < -0.39 is 0 Å². The van der Waals surface area contributed by atoms with Crippen molar-refractivity contribution in [2.45, 2.75) is 17.0 Å². The Bertz CT molecular complexity index is 479. The Hall–Kier alpha value is -1.56. The Morgan fingerprint density at radius 1 is 1.33 bits per heavy atom. The van der Waals surface area contributed by atoms with Gasteiger partial charge in [0.05, 0.1) is 5.69 Å². The molecule has 2 heterocycles. The second kappa shape index (κ2) is 3.90. The van der Waals surface area contributed by atoms with Crippen LogP contribution in [-0.2, 0) is 7.05 Å². The van der Waals surface area contributed by atoms with Crippen molar-refractivity contribution in [1.29, 1.82) is 0 Å². The van der Waals surface area contributed by atoms with Crippen LogP contribution in [0.3, 0.4) is 0 Å². The third-order valence-corrected chi connectivity index (χ3v) is 2.95. The summed E-state index contributed by atoms with van der Waals surface area (Å²) in [4.78, 5) is 8.13. The third kappa shape index (κ3) is 2.10. The SMILES string of the molecule is Cc1cc(Sc2nccnc2N)n(C)n1. The minimum Gasteiger partial charge on any atom is -0.381 e. The van der Waals surface area contributed by atoms with Crippen LogP contribution in [-0.4, -0.2) is 19.7 Å². The Kier molecular flexibility index (Phi) is 2.59. The highest BCUT2D eigenvalue weighted by Gasteiger charge is 2.08. The van der Waals surface area contributed by atoms with E-state index in [4.69, 9.17) is 5.73 Å². The molecule has 0 aliphatic carbocycles. The fourth-order valence-corrected chi connectivity index (χ4v) is 2.07. The number of aryl methyl sites for hydroxylation is 2. The van der Waals surface area contributed by atoms with E-state index in [1.807, 2.05) is 20.0 Å². The van der Waals surface area contributed by atoms with Crippen LogP contribution in [0.2, 0.25) is 0 Å². The maximum absolute atomic E-state index is 5.70. The molecule has 0 amide bonds. The van der Waals surface area contributed by atoms with Gasteiger partial charge in [0.15, 0.2) is 5.82 Å². The molecule has 0 saturated heterocycles. The minimum atomic E-state index is 0.446. The lowest BCUT2D eigenvalue weighted by atomic mass is 10.5. The lowest BCUT2D eigenvalue weighted by Crippen LogP contribution is -1.97. The first-order valence-corrected chi connectivity index (χ1v) is 5.23. The van der Waals surface area contributed by atoms with Crippen LogP contribution >= 0.6 is 11.8 Å². The van der Waals surface area contributed by atoms with E-state index in [0.717, 1.165) is 10.7 Å². The largest absolute Gasteiger partial charge is 0.381 e. The first kappa shape index (κ1) is 9.97. The van der Waals surface area contributed by atoms with Gasteiger partial charge in [-0.3, -0.25) is 4.68 Å². The summed E-state index contributed by atoms with van der Waals surface area (Å²) in [7, 11) is 1.89. The van der Waals surface area contributed by atoms with Crippen molar-refractivity contribution in [3.63, 3.8) is 0 Å². The van der Waals surface area contributed by atoms with Crippen molar-refractivity contribution in [2.24, 2.45) is 7.05 Å². The topological polar surface area (TPSA) is 69.6 Å². The van der Waals surface area contributed by atoms with Gasteiger partial charge in [-0.05, 0) is 24.8 Å². The number of nitrogens with two attached hydrogens (primary N) is 1. The molecule has 0 fully saturated rings. The lowest BCUT2D eigenvalue weighted by molar-refractivity contribution is 0.692. The van der Waals surface area contributed by atoms with Crippen molar-refractivity contribution >= 4 is 17.6 Å². The van der Waals surface area contributed by atoms with Crippen molar-refractivity contribution in [2.75, 3.05) is 5.73 Å². The molecule has 0 aromatic carbocycles. The van der Waals surface area contributed by atoms with Gasteiger partial charge in [0, 0.05) is 19.4 Å². The predicted octanol–water partition coefficient (Wildman–Crippen LogP) is 1.25.